The molecule has 29 heavy (non-hydrogen) atoms. The quantitative estimate of drug-likeness (QED) is 0.624. The van der Waals surface area contributed by atoms with E-state index >= 15 is 0 Å². The molecule has 1 saturated heterocycles. The van der Waals surface area contributed by atoms with E-state index in [1.807, 2.05) is 0 Å². The van der Waals surface area contributed by atoms with Gasteiger partial charge in [-0.2, -0.15) is 0 Å². The summed E-state index contributed by atoms with van der Waals surface area (Å²) in [5.74, 6) is 1.09. The van der Waals surface area contributed by atoms with Crippen molar-refractivity contribution in [2.24, 2.45) is 0 Å². The highest BCUT2D eigenvalue weighted by Crippen LogP contribution is 2.35. The van der Waals surface area contributed by atoms with E-state index in [9.17, 15) is 4.79 Å². The Morgan fingerprint density at radius 1 is 1.24 bits per heavy atom. The molecule has 0 bridgehead atoms. The summed E-state index contributed by atoms with van der Waals surface area (Å²) >= 11 is 6.05. The Bertz CT molecular complexity index is 1020. The monoisotopic (exact) mass is 411 g/mol. The lowest BCUT2D eigenvalue weighted by Gasteiger charge is -2.32. The molecular weight excluding hydrogens is 386 g/mol. The maximum atomic E-state index is 12.5. The van der Waals surface area contributed by atoms with Gasteiger partial charge in [0.05, 0.1) is 19.3 Å². The molecule has 1 aromatic heterocycles. The molecule has 3 aromatic rings. The molecule has 0 saturated carbocycles. The van der Waals surface area contributed by atoms with Gasteiger partial charge in [0.2, 0.25) is 5.91 Å². The molecule has 1 aliphatic heterocycles. The third kappa shape index (κ3) is 4.26. The number of nitrogens with zero attached hydrogens (tertiary/aromatic N) is 1. The summed E-state index contributed by atoms with van der Waals surface area (Å²) < 4.78 is 5.30. The molecule has 1 amide bonds. The first-order chi connectivity index (χ1) is 14.0. The van der Waals surface area contributed by atoms with Gasteiger partial charge in [-0.3, -0.25) is 9.69 Å². The number of anilines is 1. The molecule has 4 rings (SSSR count). The number of ether oxygens (including phenoxy) is 1. The number of amides is 1. The van der Waals surface area contributed by atoms with Crippen LogP contribution in [-0.4, -0.2) is 42.5 Å². The molecule has 0 atom stereocenters. The lowest BCUT2D eigenvalue weighted by molar-refractivity contribution is -0.117. The van der Waals surface area contributed by atoms with Gasteiger partial charge in [-0.1, -0.05) is 29.8 Å². The fourth-order valence-electron chi connectivity index (χ4n) is 4.37. The lowest BCUT2D eigenvalue weighted by atomic mass is 9.87. The number of piperidine rings is 1. The number of para-hydroxylation sites is 1. The highest BCUT2D eigenvalue weighted by molar-refractivity contribution is 6.31. The van der Waals surface area contributed by atoms with Crippen LogP contribution < -0.4 is 10.1 Å². The van der Waals surface area contributed by atoms with Crippen molar-refractivity contribution in [3.63, 3.8) is 0 Å². The standard InChI is InChI=1S/C23H26ClN3O2/c1-15-23(18-5-3-4-6-19(18)25-15)16-9-11-27(12-10-16)14-22(28)26-20-13-17(24)7-8-21(20)29-2/h3-8,13,16,25H,9-12,14H2,1-2H3,(H,26,28). The second-order valence-corrected chi connectivity index (χ2v) is 8.09. The normalized spacial score (nSPS) is 15.6. The Hall–Kier alpha value is -2.50. The van der Waals surface area contributed by atoms with Gasteiger partial charge in [-0.15, -0.1) is 0 Å². The fourth-order valence-corrected chi connectivity index (χ4v) is 4.55. The number of methoxy groups -OCH3 is 1. The second kappa shape index (κ2) is 8.47. The number of hydrogen-bond donors (Lipinski definition) is 2. The van der Waals surface area contributed by atoms with Crippen LogP contribution in [0.2, 0.25) is 5.02 Å². The van der Waals surface area contributed by atoms with Crippen LogP contribution in [0.1, 0.15) is 30.0 Å². The summed E-state index contributed by atoms with van der Waals surface area (Å²) in [6, 6.07) is 13.7. The van der Waals surface area contributed by atoms with Crippen molar-refractivity contribution in [1.82, 2.24) is 9.88 Å². The van der Waals surface area contributed by atoms with Crippen molar-refractivity contribution in [2.45, 2.75) is 25.7 Å². The number of carbonyl (C=O) groups is 1. The topological polar surface area (TPSA) is 57.4 Å². The number of H-pyrrole nitrogens is 1. The maximum absolute atomic E-state index is 12.5. The van der Waals surface area contributed by atoms with Gasteiger partial charge in [0.25, 0.3) is 0 Å². The summed E-state index contributed by atoms with van der Waals surface area (Å²) in [7, 11) is 1.58. The summed E-state index contributed by atoms with van der Waals surface area (Å²) in [6.07, 6.45) is 2.10. The van der Waals surface area contributed by atoms with Crippen molar-refractivity contribution >= 4 is 34.1 Å². The number of aryl methyl sites for hydroxylation is 1. The predicted molar refractivity (Wildman–Crippen MR) is 118 cm³/mol. The molecule has 5 nitrogen and oxygen atoms in total. The van der Waals surface area contributed by atoms with Gasteiger partial charge < -0.3 is 15.0 Å². The molecule has 6 heteroatoms. The minimum atomic E-state index is -0.0488. The van der Waals surface area contributed by atoms with E-state index in [0.29, 0.717) is 28.9 Å². The molecule has 0 radical (unpaired) electrons. The summed E-state index contributed by atoms with van der Waals surface area (Å²) in [5, 5.41) is 4.82. The van der Waals surface area contributed by atoms with Crippen molar-refractivity contribution < 1.29 is 9.53 Å². The minimum Gasteiger partial charge on any atom is -0.495 e. The zero-order valence-corrected chi connectivity index (χ0v) is 17.6. The summed E-state index contributed by atoms with van der Waals surface area (Å²) in [4.78, 5) is 18.3. The van der Waals surface area contributed by atoms with Gasteiger partial charge >= 0.3 is 0 Å². The molecule has 0 spiro atoms. The minimum absolute atomic E-state index is 0.0488. The Kier molecular flexibility index (Phi) is 5.79. The average molecular weight is 412 g/mol. The first kappa shape index (κ1) is 19.8. The number of carbonyl (C=O) groups excluding carboxylic acids is 1. The number of halogens is 1. The van der Waals surface area contributed by atoms with Gasteiger partial charge in [-0.25, -0.2) is 0 Å². The number of benzene rings is 2. The number of likely N-dealkylation sites (tertiary alicyclic amines) is 1. The van der Waals surface area contributed by atoms with Crippen LogP contribution in [0, 0.1) is 6.92 Å². The molecule has 2 N–H and O–H groups in total. The van der Waals surface area contributed by atoms with Crippen LogP contribution in [-0.2, 0) is 4.79 Å². The fraction of sp³-hybridized carbons (Fsp3) is 0.348. The van der Waals surface area contributed by atoms with Gasteiger partial charge in [0, 0.05) is 21.6 Å². The van der Waals surface area contributed by atoms with Gasteiger partial charge in [0.1, 0.15) is 5.75 Å². The van der Waals surface area contributed by atoms with E-state index in [1.54, 1.807) is 25.3 Å². The number of aromatic nitrogens is 1. The van der Waals surface area contributed by atoms with E-state index in [0.717, 1.165) is 25.9 Å². The number of hydrogen-bond acceptors (Lipinski definition) is 3. The van der Waals surface area contributed by atoms with E-state index in [-0.39, 0.29) is 5.91 Å². The lowest BCUT2D eigenvalue weighted by Crippen LogP contribution is -2.38. The van der Waals surface area contributed by atoms with Crippen molar-refractivity contribution in [1.29, 1.82) is 0 Å². The Balaban J connectivity index is 1.37. The van der Waals surface area contributed by atoms with Crippen molar-refractivity contribution in [2.75, 3.05) is 32.1 Å². The van der Waals surface area contributed by atoms with Gasteiger partial charge in [-0.05, 0) is 68.6 Å². The first-order valence-electron chi connectivity index (χ1n) is 9.98. The van der Waals surface area contributed by atoms with E-state index in [1.165, 1.54) is 22.2 Å². The van der Waals surface area contributed by atoms with Crippen LogP contribution in [0.4, 0.5) is 5.69 Å². The molecule has 1 fully saturated rings. The number of nitrogens with one attached hydrogen (secondary N) is 2. The second-order valence-electron chi connectivity index (χ2n) is 7.65. The smallest absolute Gasteiger partial charge is 0.238 e. The van der Waals surface area contributed by atoms with Gasteiger partial charge in [0.15, 0.2) is 0 Å². The van der Waals surface area contributed by atoms with Crippen molar-refractivity contribution in [3.05, 3.63) is 58.7 Å². The summed E-state index contributed by atoms with van der Waals surface area (Å²) in [6.45, 7) is 4.34. The number of fused-ring (bicyclic) bond motifs is 1. The third-order valence-electron chi connectivity index (χ3n) is 5.74. The molecule has 2 heterocycles. The highest BCUT2D eigenvalue weighted by atomic mass is 35.5. The van der Waals surface area contributed by atoms with Crippen LogP contribution in [0.5, 0.6) is 5.75 Å². The highest BCUT2D eigenvalue weighted by Gasteiger charge is 2.25. The Morgan fingerprint density at radius 2 is 2.00 bits per heavy atom. The zero-order valence-electron chi connectivity index (χ0n) is 16.8. The van der Waals surface area contributed by atoms with Crippen molar-refractivity contribution in [3.8, 4) is 5.75 Å². The van der Waals surface area contributed by atoms with Crippen LogP contribution >= 0.6 is 11.6 Å². The molecule has 2 aromatic carbocycles. The first-order valence-corrected chi connectivity index (χ1v) is 10.4. The predicted octanol–water partition coefficient (Wildman–Crippen LogP) is 4.96. The van der Waals surface area contributed by atoms with Crippen LogP contribution in [0.25, 0.3) is 10.9 Å². The summed E-state index contributed by atoms with van der Waals surface area (Å²) in [5.41, 5.74) is 4.51. The number of rotatable bonds is 5. The largest absolute Gasteiger partial charge is 0.495 e. The van der Waals surface area contributed by atoms with Crippen LogP contribution in [0.3, 0.4) is 0 Å². The SMILES string of the molecule is COc1ccc(Cl)cc1NC(=O)CN1CCC(c2c(C)[nH]c3ccccc23)CC1. The van der Waals surface area contributed by atoms with Crippen LogP contribution in [0.15, 0.2) is 42.5 Å². The Labute approximate surface area is 176 Å². The molecule has 1 aliphatic rings. The molecule has 0 aliphatic carbocycles. The molecular formula is C23H26ClN3O2. The zero-order chi connectivity index (χ0) is 20.4. The Morgan fingerprint density at radius 3 is 2.76 bits per heavy atom. The van der Waals surface area contributed by atoms with E-state index < -0.39 is 0 Å². The third-order valence-corrected chi connectivity index (χ3v) is 5.98. The average Bonchev–Trinajstić information content (AvgIpc) is 3.04. The van der Waals surface area contributed by atoms with E-state index in [4.69, 9.17) is 16.3 Å². The number of aromatic amines is 1. The maximum Gasteiger partial charge on any atom is 0.238 e. The molecule has 152 valence electrons. The molecule has 0 unspecified atom stereocenters. The van der Waals surface area contributed by atoms with E-state index in [2.05, 4.69) is 46.4 Å².